The van der Waals surface area contributed by atoms with Crippen molar-refractivity contribution < 1.29 is 14.7 Å². The van der Waals surface area contributed by atoms with Crippen LogP contribution in [0.2, 0.25) is 0 Å². The van der Waals surface area contributed by atoms with Crippen LogP contribution in [-0.2, 0) is 4.79 Å². The van der Waals surface area contributed by atoms with E-state index in [1.54, 1.807) is 18.2 Å². The standard InChI is InChI=1S/C14H18N2O3/c1-9-5-6-10(15)8-11(9)13(17)16-7-3-2-4-12(16)14(18)19/h5-6,8,12H,2-4,7,15H2,1H3,(H,18,19). The fraction of sp³-hybridized carbons (Fsp3) is 0.429. The summed E-state index contributed by atoms with van der Waals surface area (Å²) in [7, 11) is 0. The molecule has 1 aromatic carbocycles. The van der Waals surface area contributed by atoms with Crippen molar-refractivity contribution in [1.29, 1.82) is 0 Å². The van der Waals surface area contributed by atoms with Gasteiger partial charge in [0.25, 0.3) is 5.91 Å². The molecule has 1 saturated heterocycles. The Morgan fingerprint density at radius 2 is 2.11 bits per heavy atom. The minimum absolute atomic E-state index is 0.239. The maximum atomic E-state index is 12.5. The molecule has 1 amide bonds. The summed E-state index contributed by atoms with van der Waals surface area (Å²) in [4.78, 5) is 25.2. The first-order valence-electron chi connectivity index (χ1n) is 6.40. The average Bonchev–Trinajstić information content (AvgIpc) is 2.40. The number of aliphatic carboxylic acids is 1. The van der Waals surface area contributed by atoms with Gasteiger partial charge in [0.2, 0.25) is 0 Å². The lowest BCUT2D eigenvalue weighted by Crippen LogP contribution is -2.48. The highest BCUT2D eigenvalue weighted by atomic mass is 16.4. The van der Waals surface area contributed by atoms with E-state index in [-0.39, 0.29) is 5.91 Å². The second kappa shape index (κ2) is 5.30. The van der Waals surface area contributed by atoms with Crippen LogP contribution in [0.3, 0.4) is 0 Å². The summed E-state index contributed by atoms with van der Waals surface area (Å²) in [5.74, 6) is -1.17. The van der Waals surface area contributed by atoms with Crippen molar-refractivity contribution in [3.63, 3.8) is 0 Å². The highest BCUT2D eigenvalue weighted by Crippen LogP contribution is 2.22. The molecule has 102 valence electrons. The molecule has 1 aliphatic heterocycles. The number of hydrogen-bond acceptors (Lipinski definition) is 3. The zero-order valence-electron chi connectivity index (χ0n) is 10.9. The van der Waals surface area contributed by atoms with Crippen LogP contribution in [0.1, 0.15) is 35.2 Å². The van der Waals surface area contributed by atoms with Gasteiger partial charge >= 0.3 is 5.97 Å². The second-order valence-electron chi connectivity index (χ2n) is 4.92. The maximum absolute atomic E-state index is 12.5. The summed E-state index contributed by atoms with van der Waals surface area (Å²) < 4.78 is 0. The number of carbonyl (C=O) groups is 2. The summed E-state index contributed by atoms with van der Waals surface area (Å²) in [5, 5.41) is 9.21. The second-order valence-corrected chi connectivity index (χ2v) is 4.92. The lowest BCUT2D eigenvalue weighted by Gasteiger charge is -2.33. The Kier molecular flexibility index (Phi) is 3.74. The number of rotatable bonds is 2. The quantitative estimate of drug-likeness (QED) is 0.794. The molecule has 0 bridgehead atoms. The first-order valence-corrected chi connectivity index (χ1v) is 6.40. The minimum Gasteiger partial charge on any atom is -0.480 e. The Morgan fingerprint density at radius 1 is 1.37 bits per heavy atom. The molecule has 0 aromatic heterocycles. The monoisotopic (exact) mass is 262 g/mol. The van der Waals surface area contributed by atoms with E-state index in [0.717, 1.165) is 18.4 Å². The number of nitrogens with zero attached hydrogens (tertiary/aromatic N) is 1. The molecule has 0 radical (unpaired) electrons. The summed E-state index contributed by atoms with van der Waals surface area (Å²) in [6.07, 6.45) is 2.20. The zero-order valence-corrected chi connectivity index (χ0v) is 10.9. The van der Waals surface area contributed by atoms with Gasteiger partial charge in [-0.05, 0) is 43.9 Å². The van der Waals surface area contributed by atoms with Gasteiger partial charge in [-0.2, -0.15) is 0 Å². The number of aryl methyl sites for hydroxylation is 1. The van der Waals surface area contributed by atoms with Crippen molar-refractivity contribution >= 4 is 17.6 Å². The summed E-state index contributed by atoms with van der Waals surface area (Å²) in [6, 6.07) is 4.41. The molecule has 0 saturated carbocycles. The fourth-order valence-corrected chi connectivity index (χ4v) is 2.46. The van der Waals surface area contributed by atoms with Gasteiger partial charge in [0.1, 0.15) is 6.04 Å². The smallest absolute Gasteiger partial charge is 0.326 e. The third-order valence-electron chi connectivity index (χ3n) is 3.54. The Balaban J connectivity index is 2.31. The first-order chi connectivity index (χ1) is 9.00. The fourth-order valence-electron chi connectivity index (χ4n) is 2.46. The van der Waals surface area contributed by atoms with E-state index in [1.165, 1.54) is 4.90 Å². The van der Waals surface area contributed by atoms with E-state index in [0.29, 0.717) is 24.2 Å². The Hall–Kier alpha value is -2.04. The molecule has 1 unspecified atom stereocenters. The number of nitrogen functional groups attached to an aromatic ring is 1. The van der Waals surface area contributed by atoms with Crippen molar-refractivity contribution in [1.82, 2.24) is 4.90 Å². The van der Waals surface area contributed by atoms with Gasteiger partial charge in [0, 0.05) is 17.8 Å². The van der Waals surface area contributed by atoms with Crippen LogP contribution in [0.25, 0.3) is 0 Å². The Labute approximate surface area is 112 Å². The minimum atomic E-state index is -0.936. The van der Waals surface area contributed by atoms with Crippen LogP contribution < -0.4 is 5.73 Å². The molecule has 0 spiro atoms. The number of anilines is 1. The zero-order chi connectivity index (χ0) is 14.0. The summed E-state index contributed by atoms with van der Waals surface area (Å²) >= 11 is 0. The summed E-state index contributed by atoms with van der Waals surface area (Å²) in [5.41, 5.74) is 7.52. The van der Waals surface area contributed by atoms with Gasteiger partial charge in [-0.1, -0.05) is 6.07 Å². The molecule has 1 fully saturated rings. The van der Waals surface area contributed by atoms with Crippen molar-refractivity contribution in [2.75, 3.05) is 12.3 Å². The van der Waals surface area contributed by atoms with Gasteiger partial charge < -0.3 is 15.7 Å². The molecule has 19 heavy (non-hydrogen) atoms. The Morgan fingerprint density at radius 3 is 2.79 bits per heavy atom. The third-order valence-corrected chi connectivity index (χ3v) is 3.54. The van der Waals surface area contributed by atoms with Crippen LogP contribution in [0.15, 0.2) is 18.2 Å². The number of amides is 1. The third kappa shape index (κ3) is 2.70. The van der Waals surface area contributed by atoms with Crippen LogP contribution in [-0.4, -0.2) is 34.5 Å². The van der Waals surface area contributed by atoms with Gasteiger partial charge in [-0.15, -0.1) is 0 Å². The number of carboxylic acid groups (broad SMARTS) is 1. The molecule has 1 aliphatic rings. The molecule has 1 atom stereocenters. The molecular formula is C14H18N2O3. The van der Waals surface area contributed by atoms with E-state index < -0.39 is 12.0 Å². The van der Waals surface area contributed by atoms with Crippen LogP contribution in [0.4, 0.5) is 5.69 Å². The van der Waals surface area contributed by atoms with Crippen LogP contribution in [0, 0.1) is 6.92 Å². The largest absolute Gasteiger partial charge is 0.480 e. The molecule has 3 N–H and O–H groups in total. The van der Waals surface area contributed by atoms with E-state index in [2.05, 4.69) is 0 Å². The molecule has 1 heterocycles. The van der Waals surface area contributed by atoms with E-state index in [9.17, 15) is 14.7 Å². The maximum Gasteiger partial charge on any atom is 0.326 e. The SMILES string of the molecule is Cc1ccc(N)cc1C(=O)N1CCCCC1C(=O)O. The highest BCUT2D eigenvalue weighted by Gasteiger charge is 2.32. The van der Waals surface area contributed by atoms with Crippen molar-refractivity contribution in [3.05, 3.63) is 29.3 Å². The topological polar surface area (TPSA) is 83.6 Å². The molecule has 5 heteroatoms. The predicted octanol–water partition coefficient (Wildman–Crippen LogP) is 1.66. The molecule has 2 rings (SSSR count). The number of carboxylic acids is 1. The van der Waals surface area contributed by atoms with Crippen molar-refractivity contribution in [2.45, 2.75) is 32.2 Å². The molecule has 5 nitrogen and oxygen atoms in total. The number of hydrogen-bond donors (Lipinski definition) is 2. The highest BCUT2D eigenvalue weighted by molar-refractivity contribution is 5.98. The van der Waals surface area contributed by atoms with Crippen LogP contribution >= 0.6 is 0 Å². The van der Waals surface area contributed by atoms with Gasteiger partial charge in [0.15, 0.2) is 0 Å². The van der Waals surface area contributed by atoms with Crippen LogP contribution in [0.5, 0.6) is 0 Å². The molecular weight excluding hydrogens is 244 g/mol. The number of nitrogens with two attached hydrogens (primary N) is 1. The normalized spacial score (nSPS) is 19.2. The van der Waals surface area contributed by atoms with Crippen molar-refractivity contribution in [2.24, 2.45) is 0 Å². The van der Waals surface area contributed by atoms with Gasteiger partial charge in [-0.25, -0.2) is 4.79 Å². The van der Waals surface area contributed by atoms with E-state index in [4.69, 9.17) is 5.73 Å². The average molecular weight is 262 g/mol. The van der Waals surface area contributed by atoms with Gasteiger partial charge in [0.05, 0.1) is 0 Å². The first kappa shape index (κ1) is 13.4. The van der Waals surface area contributed by atoms with Crippen molar-refractivity contribution in [3.8, 4) is 0 Å². The van der Waals surface area contributed by atoms with Gasteiger partial charge in [-0.3, -0.25) is 4.79 Å². The Bertz CT molecular complexity index is 513. The lowest BCUT2D eigenvalue weighted by molar-refractivity contribution is -0.143. The number of benzene rings is 1. The molecule has 0 aliphatic carbocycles. The molecule has 1 aromatic rings. The van der Waals surface area contributed by atoms with E-state index in [1.807, 2.05) is 6.92 Å². The number of carbonyl (C=O) groups excluding carboxylic acids is 1. The lowest BCUT2D eigenvalue weighted by atomic mass is 9.99. The number of piperidine rings is 1. The number of likely N-dealkylation sites (tertiary alicyclic amines) is 1. The summed E-state index contributed by atoms with van der Waals surface area (Å²) in [6.45, 7) is 2.32. The predicted molar refractivity (Wildman–Crippen MR) is 71.9 cm³/mol. The van der Waals surface area contributed by atoms with E-state index >= 15 is 0 Å².